The molecule has 4 rings (SSSR count). The molecule has 0 saturated heterocycles. The Bertz CT molecular complexity index is 1300. The molecule has 9 nitrogen and oxygen atoms in total. The minimum Gasteiger partial charge on any atom is -0.490 e. The number of hydrogen-bond acceptors (Lipinski definition) is 5. The average Bonchev–Trinajstić information content (AvgIpc) is 2.94. The maximum atomic E-state index is 12.5. The van der Waals surface area contributed by atoms with E-state index in [1.807, 2.05) is 36.4 Å². The molecule has 3 amide bonds. The SMILES string of the molecule is O=C(O)CNC(=O)C1CCC(Oc2ccc(C(=O)NCCNC(=O)c3ccc4ccccc4c3)cc2)CC1. The van der Waals surface area contributed by atoms with E-state index in [0.717, 1.165) is 10.8 Å². The molecule has 1 saturated carbocycles. The zero-order valence-electron chi connectivity index (χ0n) is 20.9. The second-order valence-corrected chi connectivity index (χ2v) is 9.30. The summed E-state index contributed by atoms with van der Waals surface area (Å²) < 4.78 is 6.00. The molecule has 0 bridgehead atoms. The monoisotopic (exact) mass is 517 g/mol. The van der Waals surface area contributed by atoms with Gasteiger partial charge in [-0.3, -0.25) is 19.2 Å². The third-order valence-electron chi connectivity index (χ3n) is 6.59. The van der Waals surface area contributed by atoms with Crippen LogP contribution in [0.1, 0.15) is 46.4 Å². The minimum atomic E-state index is -1.06. The molecule has 9 heteroatoms. The van der Waals surface area contributed by atoms with Crippen molar-refractivity contribution in [1.82, 2.24) is 16.0 Å². The first-order valence-electron chi connectivity index (χ1n) is 12.7. The van der Waals surface area contributed by atoms with Crippen LogP contribution in [0.4, 0.5) is 0 Å². The highest BCUT2D eigenvalue weighted by atomic mass is 16.5. The Hall–Kier alpha value is -4.40. The van der Waals surface area contributed by atoms with Gasteiger partial charge >= 0.3 is 5.97 Å². The first-order chi connectivity index (χ1) is 18.4. The van der Waals surface area contributed by atoms with Crippen molar-refractivity contribution < 1.29 is 29.0 Å². The first-order valence-corrected chi connectivity index (χ1v) is 12.7. The molecule has 0 aliphatic heterocycles. The Morgan fingerprint density at radius 3 is 2.00 bits per heavy atom. The summed E-state index contributed by atoms with van der Waals surface area (Å²) in [4.78, 5) is 47.5. The summed E-state index contributed by atoms with van der Waals surface area (Å²) in [6.07, 6.45) is 2.61. The third kappa shape index (κ3) is 7.32. The molecule has 0 radical (unpaired) electrons. The van der Waals surface area contributed by atoms with Crippen LogP contribution < -0.4 is 20.7 Å². The number of fused-ring (bicyclic) bond motifs is 1. The quantitative estimate of drug-likeness (QED) is 0.305. The molecule has 0 aromatic heterocycles. The van der Waals surface area contributed by atoms with Crippen molar-refractivity contribution in [3.05, 3.63) is 77.9 Å². The summed E-state index contributed by atoms with van der Waals surface area (Å²) in [6.45, 7) is 0.227. The van der Waals surface area contributed by atoms with Gasteiger partial charge in [-0.05, 0) is 72.9 Å². The van der Waals surface area contributed by atoms with Crippen molar-refractivity contribution >= 4 is 34.5 Å². The van der Waals surface area contributed by atoms with Crippen LogP contribution in [-0.4, -0.2) is 54.5 Å². The highest BCUT2D eigenvalue weighted by molar-refractivity contribution is 5.98. The fourth-order valence-electron chi connectivity index (χ4n) is 4.51. The zero-order chi connectivity index (χ0) is 26.9. The van der Waals surface area contributed by atoms with Crippen LogP contribution in [0.5, 0.6) is 5.75 Å². The number of carbonyl (C=O) groups excluding carboxylic acids is 3. The highest BCUT2D eigenvalue weighted by Gasteiger charge is 2.27. The molecule has 3 aromatic rings. The van der Waals surface area contributed by atoms with E-state index in [9.17, 15) is 19.2 Å². The lowest BCUT2D eigenvalue weighted by Crippen LogP contribution is -2.37. The normalized spacial score (nSPS) is 16.8. The lowest BCUT2D eigenvalue weighted by Gasteiger charge is -2.28. The Balaban J connectivity index is 1.16. The van der Waals surface area contributed by atoms with Gasteiger partial charge in [-0.2, -0.15) is 0 Å². The van der Waals surface area contributed by atoms with E-state index in [1.54, 1.807) is 30.3 Å². The van der Waals surface area contributed by atoms with E-state index in [2.05, 4.69) is 16.0 Å². The van der Waals surface area contributed by atoms with Crippen molar-refractivity contribution in [3.63, 3.8) is 0 Å². The molecule has 1 fully saturated rings. The van der Waals surface area contributed by atoms with E-state index in [0.29, 0.717) is 55.6 Å². The number of rotatable bonds is 10. The smallest absolute Gasteiger partial charge is 0.322 e. The van der Waals surface area contributed by atoms with Gasteiger partial charge in [0.1, 0.15) is 12.3 Å². The number of carboxylic acid groups (broad SMARTS) is 1. The van der Waals surface area contributed by atoms with Gasteiger partial charge in [-0.1, -0.05) is 30.3 Å². The fourth-order valence-corrected chi connectivity index (χ4v) is 4.51. The van der Waals surface area contributed by atoms with Gasteiger partial charge in [-0.25, -0.2) is 0 Å². The first kappa shape index (κ1) is 26.7. The number of nitrogens with one attached hydrogen (secondary N) is 3. The number of hydrogen-bond donors (Lipinski definition) is 4. The van der Waals surface area contributed by atoms with E-state index in [-0.39, 0.29) is 36.3 Å². The van der Waals surface area contributed by atoms with Gasteiger partial charge in [0.05, 0.1) is 6.10 Å². The van der Waals surface area contributed by atoms with Gasteiger partial charge in [0.25, 0.3) is 11.8 Å². The molecule has 0 atom stereocenters. The number of ether oxygens (including phenoxy) is 1. The number of benzene rings is 3. The molecule has 1 aliphatic carbocycles. The van der Waals surface area contributed by atoms with Crippen molar-refractivity contribution in [2.75, 3.05) is 19.6 Å². The fraction of sp³-hybridized carbons (Fsp3) is 0.310. The molecule has 198 valence electrons. The lowest BCUT2D eigenvalue weighted by atomic mass is 9.86. The molecular weight excluding hydrogens is 486 g/mol. The molecule has 4 N–H and O–H groups in total. The summed E-state index contributed by atoms with van der Waals surface area (Å²) in [6, 6.07) is 20.2. The maximum absolute atomic E-state index is 12.5. The van der Waals surface area contributed by atoms with Crippen LogP contribution in [0.2, 0.25) is 0 Å². The van der Waals surface area contributed by atoms with Crippen LogP contribution in [0.15, 0.2) is 66.7 Å². The number of aliphatic carboxylic acids is 1. The summed E-state index contributed by atoms with van der Waals surface area (Å²) in [5.74, 6) is -1.28. The number of amides is 3. The van der Waals surface area contributed by atoms with Crippen LogP contribution in [-0.2, 0) is 9.59 Å². The van der Waals surface area contributed by atoms with Gasteiger partial charge in [0, 0.05) is 30.1 Å². The highest BCUT2D eigenvalue weighted by Crippen LogP contribution is 2.28. The van der Waals surface area contributed by atoms with Crippen LogP contribution >= 0.6 is 0 Å². The van der Waals surface area contributed by atoms with Crippen molar-refractivity contribution in [2.24, 2.45) is 5.92 Å². The molecule has 0 spiro atoms. The molecule has 3 aromatic carbocycles. The summed E-state index contributed by atoms with van der Waals surface area (Å²) >= 11 is 0. The standard InChI is InChI=1S/C29H31N3O6/c33-26(34)18-32-28(36)21-9-13-25(14-10-21)38-24-11-7-20(8-12-24)27(35)30-15-16-31-29(37)23-6-5-19-3-1-2-4-22(19)17-23/h1-8,11-12,17,21,25H,9-10,13-16,18H2,(H,30,35)(H,31,37)(H,32,36)(H,33,34). The lowest BCUT2D eigenvalue weighted by molar-refractivity contribution is -0.138. The number of carboxylic acids is 1. The van der Waals surface area contributed by atoms with E-state index < -0.39 is 5.97 Å². The Morgan fingerprint density at radius 2 is 1.34 bits per heavy atom. The summed E-state index contributed by atoms with van der Waals surface area (Å²) in [7, 11) is 0. The molecule has 0 unspecified atom stereocenters. The van der Waals surface area contributed by atoms with Crippen LogP contribution in [0.3, 0.4) is 0 Å². The van der Waals surface area contributed by atoms with E-state index >= 15 is 0 Å². The Labute approximate surface area is 220 Å². The third-order valence-corrected chi connectivity index (χ3v) is 6.59. The molecule has 1 aliphatic rings. The van der Waals surface area contributed by atoms with Crippen LogP contribution in [0.25, 0.3) is 10.8 Å². The van der Waals surface area contributed by atoms with E-state index in [4.69, 9.17) is 9.84 Å². The maximum Gasteiger partial charge on any atom is 0.322 e. The second-order valence-electron chi connectivity index (χ2n) is 9.30. The molecular formula is C29H31N3O6. The zero-order valence-corrected chi connectivity index (χ0v) is 20.9. The van der Waals surface area contributed by atoms with Crippen molar-refractivity contribution in [3.8, 4) is 5.75 Å². The van der Waals surface area contributed by atoms with Gasteiger partial charge in [0.2, 0.25) is 5.91 Å². The topological polar surface area (TPSA) is 134 Å². The van der Waals surface area contributed by atoms with Crippen molar-refractivity contribution in [2.45, 2.75) is 31.8 Å². The summed E-state index contributed by atoms with van der Waals surface area (Å²) in [5, 5.41) is 18.8. The van der Waals surface area contributed by atoms with E-state index in [1.165, 1.54) is 0 Å². The largest absolute Gasteiger partial charge is 0.490 e. The second kappa shape index (κ2) is 12.7. The van der Waals surface area contributed by atoms with Gasteiger partial charge < -0.3 is 25.8 Å². The molecule has 0 heterocycles. The van der Waals surface area contributed by atoms with Gasteiger partial charge in [-0.15, -0.1) is 0 Å². The van der Waals surface area contributed by atoms with Crippen LogP contribution in [0, 0.1) is 5.92 Å². The molecule has 38 heavy (non-hydrogen) atoms. The minimum absolute atomic E-state index is 0.0376. The summed E-state index contributed by atoms with van der Waals surface area (Å²) in [5.41, 5.74) is 1.05. The number of carbonyl (C=O) groups is 4. The Morgan fingerprint density at radius 1 is 0.737 bits per heavy atom. The van der Waals surface area contributed by atoms with Gasteiger partial charge in [0.15, 0.2) is 0 Å². The predicted octanol–water partition coefficient (Wildman–Crippen LogP) is 3.14. The predicted molar refractivity (Wildman–Crippen MR) is 142 cm³/mol. The average molecular weight is 518 g/mol. The Kier molecular flexibility index (Phi) is 8.92. The van der Waals surface area contributed by atoms with Crippen molar-refractivity contribution in [1.29, 1.82) is 0 Å².